The van der Waals surface area contributed by atoms with Gasteiger partial charge >= 0.3 is 0 Å². The van der Waals surface area contributed by atoms with Gasteiger partial charge in [0.2, 0.25) is 0 Å². The molecule has 1 rings (SSSR count). The number of halogens is 1. The fourth-order valence-corrected chi connectivity index (χ4v) is 1.61. The van der Waals surface area contributed by atoms with Crippen molar-refractivity contribution >= 4 is 22.6 Å². The van der Waals surface area contributed by atoms with Gasteiger partial charge < -0.3 is 6.42 Å². The number of rotatable bonds is 0. The summed E-state index contributed by atoms with van der Waals surface area (Å²) in [6.07, 6.45) is 7.94. The average molecular weight is 471 g/mol. The van der Waals surface area contributed by atoms with Crippen LogP contribution in [0.2, 0.25) is 0 Å². The third kappa shape index (κ3) is 2.15. The minimum absolute atomic E-state index is 0. The Kier molecular flexibility index (Phi) is 3.57. The second-order valence-electron chi connectivity index (χ2n) is 2.04. The first-order valence-corrected chi connectivity index (χ1v) is 4.10. The van der Waals surface area contributed by atoms with Crippen LogP contribution in [-0.2, 0) is 0 Å². The summed E-state index contributed by atoms with van der Waals surface area (Å²) < 4.78 is 0.975. The number of hydrogen-bond acceptors (Lipinski definition) is 0. The smallest absolute Gasteiger partial charge is 0.00612 e. The van der Waals surface area contributed by atoms with Crippen LogP contribution in [0.1, 0.15) is 25.7 Å². The summed E-state index contributed by atoms with van der Waals surface area (Å²) >= 11 is 2.54. The van der Waals surface area contributed by atoms with Crippen LogP contribution in [0.25, 0.3) is 0 Å². The zero-order valence-corrected chi connectivity index (χ0v) is 8.93. The van der Waals surface area contributed by atoms with Crippen LogP contribution in [0.5, 0.6) is 0 Å². The zero-order chi connectivity index (χ0) is 5.11. The van der Waals surface area contributed by atoms with E-state index in [0.29, 0.717) is 0 Å². The Labute approximate surface area is 58.8 Å². The monoisotopic (exact) mass is 471 g/mol. The predicted octanol–water partition coefficient (Wildman–Crippen LogP) is 2.57. The van der Waals surface area contributed by atoms with Crippen LogP contribution in [0.15, 0.2) is 0 Å². The molecule has 1 fully saturated rings. The Bertz CT molecular complexity index is 50.5. The third-order valence-corrected chi connectivity index (χ3v) is 2.61. The zero-order valence-electron chi connectivity index (χ0n) is 4.62. The Balaban J connectivity index is 0.000000490. The molecule has 1 aliphatic carbocycles. The minimum Gasteiger partial charge on any atom is -0.328 e. The second-order valence-corrected chi connectivity index (χ2v) is 3.80. The molecule has 1 saturated carbocycles. The van der Waals surface area contributed by atoms with Gasteiger partial charge in [-0.25, -0.2) is 0 Å². The van der Waals surface area contributed by atoms with Crippen LogP contribution in [0, 0.1) is 6.42 Å². The van der Waals surface area contributed by atoms with E-state index in [1.807, 2.05) is 0 Å². The van der Waals surface area contributed by atoms with Gasteiger partial charge in [0.1, 0.15) is 0 Å². The Morgan fingerprint density at radius 2 is 1.75 bits per heavy atom. The largest absolute Gasteiger partial charge is 0.328 e. The van der Waals surface area contributed by atoms with E-state index in [4.69, 9.17) is 0 Å². The number of hydrogen-bond donors (Lipinski definition) is 0. The molecule has 0 bridgehead atoms. The summed E-state index contributed by atoms with van der Waals surface area (Å²) in [6.45, 7) is 0. The average Bonchev–Trinajstić information content (AvgIpc) is 1.69. The van der Waals surface area contributed by atoms with Gasteiger partial charge in [0.05, 0.1) is 0 Å². The van der Waals surface area contributed by atoms with E-state index in [1.165, 1.54) is 25.7 Å². The maximum absolute atomic E-state index is 2.54. The molecule has 0 aromatic heterocycles. The van der Waals surface area contributed by atoms with Gasteiger partial charge in [-0.2, -0.15) is 12.8 Å². The van der Waals surface area contributed by atoms with Crippen molar-refractivity contribution < 1.29 is 0 Å². The molecule has 1 radical (unpaired) electrons. The normalized spacial score (nSPS) is 22.1. The van der Waals surface area contributed by atoms with E-state index < -0.39 is 0 Å². The van der Waals surface area contributed by atoms with Crippen LogP contribution < -0.4 is 0 Å². The van der Waals surface area contributed by atoms with E-state index in [0.717, 1.165) is 3.92 Å². The molecule has 0 saturated heterocycles. The molecule has 0 N–H and O–H groups in total. The maximum atomic E-state index is 2.54. The molecule has 0 unspecified atom stereocenters. The van der Waals surface area contributed by atoms with Gasteiger partial charge in [0, 0.05) is 3.92 Å². The van der Waals surface area contributed by atoms with E-state index in [9.17, 15) is 0 Å². The van der Waals surface area contributed by atoms with Crippen LogP contribution >= 0.6 is 22.6 Å². The summed E-state index contributed by atoms with van der Waals surface area (Å²) in [5.41, 5.74) is 0. The molecule has 0 atom stereocenters. The molecule has 0 aliphatic heterocycles. The van der Waals surface area contributed by atoms with Crippen molar-refractivity contribution in [2.75, 3.05) is 0 Å². The molecule has 1 aliphatic rings. The van der Waals surface area contributed by atoms with Gasteiger partial charge in [-0.15, -0.1) is 0 Å². The molecule has 8 heavy (non-hydrogen) atoms. The van der Waals surface area contributed by atoms with Crippen LogP contribution in [0.3, 0.4) is 0 Å². The summed E-state index contributed by atoms with van der Waals surface area (Å²) in [5, 5.41) is 0. The molecule has 57 valence electrons. The SMILES string of the molecule is IC1CC[CH-]CC1.[Lr]. The van der Waals surface area contributed by atoms with Gasteiger partial charge in [-0.05, 0) is 0 Å². The first kappa shape index (κ1) is 7.73. The van der Waals surface area contributed by atoms with Crippen LogP contribution in [0.4, 0.5) is 0 Å². The van der Waals surface area contributed by atoms with Crippen LogP contribution in [-0.4, -0.2) is 3.92 Å². The quantitative estimate of drug-likeness (QED) is 0.290. The summed E-state index contributed by atoms with van der Waals surface area (Å²) in [7, 11) is 0. The second kappa shape index (κ2) is 3.70. The van der Waals surface area contributed by atoms with Gasteiger partial charge in [-0.3, -0.25) is 0 Å². The molecule has 0 aromatic carbocycles. The van der Waals surface area contributed by atoms with Crippen molar-refractivity contribution in [1.82, 2.24) is 0 Å². The third-order valence-electron chi connectivity index (χ3n) is 1.37. The van der Waals surface area contributed by atoms with Crippen molar-refractivity contribution in [2.24, 2.45) is 0 Å². The fourth-order valence-electron chi connectivity index (χ4n) is 0.886. The fraction of sp³-hybridized carbons (Fsp3) is 0.833. The minimum atomic E-state index is 0. The molecule has 0 amide bonds. The van der Waals surface area contributed by atoms with E-state index >= 15 is 0 Å². The Hall–Kier alpha value is -0.270. The molecule has 0 heterocycles. The Morgan fingerprint density at radius 3 is 2.00 bits per heavy atom. The van der Waals surface area contributed by atoms with E-state index in [-0.39, 0.29) is 0 Å². The molecular formula is C6H10ILr-. The van der Waals surface area contributed by atoms with Gasteiger partial charge in [0.15, 0.2) is 0 Å². The topological polar surface area (TPSA) is 0 Å². The van der Waals surface area contributed by atoms with Crippen molar-refractivity contribution in [1.29, 1.82) is 0 Å². The predicted molar refractivity (Wildman–Crippen MR) is 40.6 cm³/mol. The summed E-state index contributed by atoms with van der Waals surface area (Å²) in [4.78, 5) is 0. The maximum Gasteiger partial charge on any atom is 0.00612 e. The first-order chi connectivity index (χ1) is 3.39. The van der Waals surface area contributed by atoms with Crippen molar-refractivity contribution in [3.8, 4) is 0 Å². The first-order valence-electron chi connectivity index (χ1n) is 2.85. The van der Waals surface area contributed by atoms with Crippen molar-refractivity contribution in [3.05, 3.63) is 6.42 Å². The van der Waals surface area contributed by atoms with Gasteiger partial charge in [0.25, 0.3) is 0 Å². The van der Waals surface area contributed by atoms with E-state index in [1.54, 1.807) is 0 Å². The summed E-state index contributed by atoms with van der Waals surface area (Å²) in [6, 6.07) is 0. The Morgan fingerprint density at radius 1 is 1.25 bits per heavy atom. The van der Waals surface area contributed by atoms with Gasteiger partial charge in [-0.1, -0.05) is 35.4 Å². The van der Waals surface area contributed by atoms with Crippen molar-refractivity contribution in [3.63, 3.8) is 0 Å². The summed E-state index contributed by atoms with van der Waals surface area (Å²) in [5.74, 6) is 0. The number of alkyl halides is 1. The standard InChI is InChI=1S/C6H10I.Lr/c7-6-4-2-1-3-5-6;/h1,6H,2-5H2;/q-1;. The van der Waals surface area contributed by atoms with E-state index in [2.05, 4.69) is 29.0 Å². The molecular weight excluding hydrogens is 461 g/mol. The molecule has 0 nitrogen and oxygen atoms in total. The molecule has 2 heteroatoms. The molecule has 0 aromatic rings. The molecule has 0 spiro atoms. The van der Waals surface area contributed by atoms with Crippen molar-refractivity contribution in [2.45, 2.75) is 29.6 Å².